The number of amides is 6. The molecule has 2 aliphatic heterocycles. The summed E-state index contributed by atoms with van der Waals surface area (Å²) in [6, 6.07) is 1.17. The monoisotopic (exact) mass is 912 g/mol. The summed E-state index contributed by atoms with van der Waals surface area (Å²) in [6.45, 7) is 5.56. The summed E-state index contributed by atoms with van der Waals surface area (Å²) in [4.78, 5) is 84.3. The summed E-state index contributed by atoms with van der Waals surface area (Å²) >= 11 is 0. The fraction of sp³-hybridized carbons (Fsp3) is 0.600. The number of carbonyl (C=O) groups is 6. The molecule has 6 atom stereocenters. The highest BCUT2D eigenvalue weighted by atomic mass is 32.2. The summed E-state index contributed by atoms with van der Waals surface area (Å²) in [5.41, 5.74) is 12.0. The number of unbranched alkanes of at least 4 members (excludes halogenated alkanes) is 8. The predicted octanol–water partition coefficient (Wildman–Crippen LogP) is 2.35. The van der Waals surface area contributed by atoms with Crippen LogP contribution in [0.3, 0.4) is 0 Å². The molecule has 0 unspecified atom stereocenters. The zero-order valence-corrected chi connectivity index (χ0v) is 38.4. The second kappa shape index (κ2) is 24.1. The van der Waals surface area contributed by atoms with Crippen LogP contribution in [0.15, 0.2) is 36.4 Å². The minimum atomic E-state index is -3.94. The fourth-order valence-corrected chi connectivity index (χ4v) is 9.62. The Morgan fingerprint density at radius 2 is 1.55 bits per heavy atom. The number of carbonyl (C=O) groups excluding carboxylic acids is 6. The number of hydrogen-bond acceptors (Lipinski definition) is 11. The maximum Gasteiger partial charge on any atom is 0.248 e. The maximum absolute atomic E-state index is 14.5. The van der Waals surface area contributed by atoms with Gasteiger partial charge in [0.15, 0.2) is 0 Å². The number of rotatable bonds is 21. The maximum atomic E-state index is 14.5. The van der Waals surface area contributed by atoms with Gasteiger partial charge in [0, 0.05) is 31.1 Å². The van der Waals surface area contributed by atoms with E-state index < -0.39 is 81.7 Å². The number of nitrogens with one attached hydrogen (secondary N) is 4. The van der Waals surface area contributed by atoms with E-state index in [0.29, 0.717) is 44.2 Å². The van der Waals surface area contributed by atoms with E-state index >= 15 is 0 Å². The van der Waals surface area contributed by atoms with Crippen LogP contribution in [0, 0.1) is 0 Å². The smallest absolute Gasteiger partial charge is 0.248 e. The number of likely N-dealkylation sites (tertiary alicyclic amines) is 1. The van der Waals surface area contributed by atoms with Crippen molar-refractivity contribution < 1.29 is 47.4 Å². The normalized spacial score (nSPS) is 20.0. The molecule has 0 spiro atoms. The Kier molecular flexibility index (Phi) is 19.4. The van der Waals surface area contributed by atoms with Gasteiger partial charge in [0.25, 0.3) is 0 Å². The number of hydrogen-bond donors (Lipinski definition) is 8. The van der Waals surface area contributed by atoms with Gasteiger partial charge < -0.3 is 47.4 Å². The molecule has 19 heteroatoms. The van der Waals surface area contributed by atoms with Gasteiger partial charge in [-0.3, -0.25) is 28.8 Å². The molecular weight excluding hydrogens is 845 g/mol. The lowest BCUT2D eigenvalue weighted by Gasteiger charge is -2.32. The number of phenols is 2. The standard InChI is InChI=1S/C45H68N8O10S/c1-5-6-7-8-9-10-11-14-24-64(62,63)51-34(16-12-13-22-46)45(61)52(4)39-31-19-21-38(55)33(27-31)32-25-30(18-20-37(32)54)26-35(50-41(57)28(2)48-43(39)59)42(58)49-29(3)44(60)53-23-15-17-36(53)40(47)56/h18-21,25,27-29,34-36,39,51,54-55H,5-17,22-24,26,46H2,1-4H3,(H2,47,56)(H,48,59)(H,49,58)(H,50,57)/t28-,29-,34-,35-,36-,39-/m0/s1. The van der Waals surface area contributed by atoms with Crippen LogP contribution in [-0.4, -0.2) is 120 Å². The highest BCUT2D eigenvalue weighted by molar-refractivity contribution is 7.89. The van der Waals surface area contributed by atoms with Crippen molar-refractivity contribution in [3.05, 3.63) is 47.5 Å². The zero-order chi connectivity index (χ0) is 47.1. The number of nitrogens with two attached hydrogens (primary N) is 2. The summed E-state index contributed by atoms with van der Waals surface area (Å²) in [7, 11) is -2.61. The number of primary amides is 1. The van der Waals surface area contributed by atoms with Crippen LogP contribution in [0.25, 0.3) is 11.1 Å². The predicted molar refractivity (Wildman–Crippen MR) is 242 cm³/mol. The lowest BCUT2D eigenvalue weighted by atomic mass is 9.93. The first kappa shape index (κ1) is 51.4. The van der Waals surface area contributed by atoms with E-state index in [2.05, 4.69) is 27.6 Å². The number of phenolic OH excluding ortho intramolecular Hbond substituents is 2. The lowest BCUT2D eigenvalue weighted by Crippen LogP contribution is -2.58. The Morgan fingerprint density at radius 1 is 0.906 bits per heavy atom. The topological polar surface area (TPSA) is 284 Å². The molecule has 64 heavy (non-hydrogen) atoms. The number of fused-ring (bicyclic) bond motifs is 5. The molecule has 0 aliphatic carbocycles. The van der Waals surface area contributed by atoms with Crippen molar-refractivity contribution in [2.45, 2.75) is 147 Å². The van der Waals surface area contributed by atoms with Crippen LogP contribution in [0.1, 0.15) is 121 Å². The molecule has 4 bridgehead atoms. The molecule has 18 nitrogen and oxygen atoms in total. The molecule has 354 valence electrons. The Morgan fingerprint density at radius 3 is 2.20 bits per heavy atom. The molecule has 1 saturated heterocycles. The summed E-state index contributed by atoms with van der Waals surface area (Å²) in [5, 5.41) is 30.2. The number of benzene rings is 2. The van der Waals surface area contributed by atoms with Crippen molar-refractivity contribution in [3.63, 3.8) is 0 Å². The van der Waals surface area contributed by atoms with Gasteiger partial charge in [-0.1, -0.05) is 70.4 Å². The molecule has 0 aromatic heterocycles. The van der Waals surface area contributed by atoms with E-state index in [1.165, 1.54) is 68.6 Å². The van der Waals surface area contributed by atoms with Gasteiger partial charge in [-0.25, -0.2) is 13.1 Å². The van der Waals surface area contributed by atoms with Crippen molar-refractivity contribution in [3.8, 4) is 22.6 Å². The molecule has 4 rings (SSSR count). The van der Waals surface area contributed by atoms with E-state index in [-0.39, 0.29) is 53.3 Å². The first-order valence-corrected chi connectivity index (χ1v) is 24.2. The van der Waals surface area contributed by atoms with Gasteiger partial charge in [0.05, 0.1) is 5.75 Å². The second-order valence-electron chi connectivity index (χ2n) is 17.0. The van der Waals surface area contributed by atoms with Gasteiger partial charge in [-0.05, 0) is 87.9 Å². The van der Waals surface area contributed by atoms with Crippen LogP contribution in [0.5, 0.6) is 11.5 Å². The third kappa shape index (κ3) is 14.1. The van der Waals surface area contributed by atoms with Crippen molar-refractivity contribution >= 4 is 45.5 Å². The first-order valence-electron chi connectivity index (χ1n) is 22.5. The molecule has 2 aromatic rings. The Labute approximate surface area is 376 Å². The number of sulfonamides is 1. The Balaban J connectivity index is 1.65. The van der Waals surface area contributed by atoms with E-state index in [1.807, 2.05) is 0 Å². The van der Waals surface area contributed by atoms with Crippen molar-refractivity contribution in [2.75, 3.05) is 25.9 Å². The average molecular weight is 913 g/mol. The van der Waals surface area contributed by atoms with Gasteiger partial charge in [-0.15, -0.1) is 0 Å². The third-order valence-electron chi connectivity index (χ3n) is 11.9. The van der Waals surface area contributed by atoms with E-state index in [1.54, 1.807) is 0 Å². The van der Waals surface area contributed by atoms with Crippen molar-refractivity contribution in [1.29, 1.82) is 0 Å². The molecule has 2 aromatic carbocycles. The van der Waals surface area contributed by atoms with Crippen molar-refractivity contribution in [1.82, 2.24) is 30.5 Å². The quantitative estimate of drug-likeness (QED) is 0.0842. The second-order valence-corrected chi connectivity index (χ2v) is 18.9. The lowest BCUT2D eigenvalue weighted by molar-refractivity contribution is -0.141. The summed E-state index contributed by atoms with van der Waals surface area (Å²) < 4.78 is 29.4. The van der Waals surface area contributed by atoms with Crippen molar-refractivity contribution in [2.24, 2.45) is 11.5 Å². The Hall–Kier alpha value is -5.27. The zero-order valence-electron chi connectivity index (χ0n) is 37.6. The average Bonchev–Trinajstić information content (AvgIpc) is 3.75. The fourth-order valence-electron chi connectivity index (χ4n) is 8.27. The van der Waals surface area contributed by atoms with Gasteiger partial charge in [0.2, 0.25) is 45.5 Å². The third-order valence-corrected chi connectivity index (χ3v) is 13.4. The van der Waals surface area contributed by atoms with Crippen LogP contribution in [0.4, 0.5) is 0 Å². The van der Waals surface area contributed by atoms with E-state index in [0.717, 1.165) is 43.4 Å². The number of nitrogens with zero attached hydrogens (tertiary/aromatic N) is 2. The molecular formula is C45H68N8O10S. The SMILES string of the molecule is CCCCCCCCCCS(=O)(=O)N[C@@H](CCCCN)C(=O)N(C)[C@@H]1C(=O)N[C@@H](C)C(=O)N[C@H](C(=O)N[C@@H](C)C(=O)N2CCC[C@H]2C(N)=O)Cc2ccc(O)c(c2)-c2cc1ccc2O. The molecule has 1 fully saturated rings. The minimum absolute atomic E-state index is 0.0741. The van der Waals surface area contributed by atoms with E-state index in [9.17, 15) is 47.4 Å². The summed E-state index contributed by atoms with van der Waals surface area (Å²) in [5.74, 6) is -5.06. The van der Waals surface area contributed by atoms with Crippen LogP contribution in [0.2, 0.25) is 0 Å². The molecule has 0 saturated carbocycles. The molecule has 0 radical (unpaired) electrons. The van der Waals surface area contributed by atoms with E-state index in [4.69, 9.17) is 11.5 Å². The Bertz CT molecular complexity index is 2080. The molecule has 2 aliphatic rings. The van der Waals surface area contributed by atoms with Gasteiger partial charge >= 0.3 is 0 Å². The highest BCUT2D eigenvalue weighted by Gasteiger charge is 2.38. The van der Waals surface area contributed by atoms with Crippen LogP contribution >= 0.6 is 0 Å². The molecule has 2 heterocycles. The first-order chi connectivity index (χ1) is 30.4. The minimum Gasteiger partial charge on any atom is -0.507 e. The molecule has 6 amide bonds. The van der Waals surface area contributed by atoms with Crippen LogP contribution < -0.4 is 32.1 Å². The molecule has 10 N–H and O–H groups in total. The number of likely N-dealkylation sites (N-methyl/N-ethyl adjacent to an activating group) is 1. The van der Waals surface area contributed by atoms with Crippen LogP contribution in [-0.2, 0) is 45.2 Å². The van der Waals surface area contributed by atoms with Gasteiger partial charge in [0.1, 0.15) is 47.8 Å². The highest BCUT2D eigenvalue weighted by Crippen LogP contribution is 2.39. The summed E-state index contributed by atoms with van der Waals surface area (Å²) in [6.07, 6.45) is 9.39. The largest absolute Gasteiger partial charge is 0.507 e. The van der Waals surface area contributed by atoms with Gasteiger partial charge in [-0.2, -0.15) is 0 Å². The number of aromatic hydroxyl groups is 2.